The number of sulfonamides is 1. The van der Waals surface area contributed by atoms with Crippen molar-refractivity contribution in [1.82, 2.24) is 4.98 Å². The van der Waals surface area contributed by atoms with Crippen LogP contribution in [-0.4, -0.2) is 13.4 Å². The van der Waals surface area contributed by atoms with E-state index in [0.717, 1.165) is 5.56 Å². The van der Waals surface area contributed by atoms with E-state index in [2.05, 4.69) is 9.71 Å². The van der Waals surface area contributed by atoms with Gasteiger partial charge in [-0.25, -0.2) is 13.4 Å². The zero-order valence-electron chi connectivity index (χ0n) is 9.59. The van der Waals surface area contributed by atoms with Gasteiger partial charge in [-0.15, -0.1) is 0 Å². The Morgan fingerprint density at radius 1 is 1.17 bits per heavy atom. The number of halogens is 1. The summed E-state index contributed by atoms with van der Waals surface area (Å²) >= 11 is 5.72. The molecule has 1 heterocycles. The van der Waals surface area contributed by atoms with Crippen LogP contribution in [0.1, 0.15) is 5.56 Å². The average molecular weight is 283 g/mol. The van der Waals surface area contributed by atoms with Crippen molar-refractivity contribution in [3.05, 3.63) is 53.2 Å². The highest BCUT2D eigenvalue weighted by Gasteiger charge is 2.15. The van der Waals surface area contributed by atoms with Crippen LogP contribution in [0.5, 0.6) is 0 Å². The number of nitrogens with zero attached hydrogens (tertiary/aromatic N) is 1. The van der Waals surface area contributed by atoms with Gasteiger partial charge < -0.3 is 0 Å². The number of benzene rings is 1. The Labute approximate surface area is 111 Å². The molecule has 0 spiro atoms. The molecular formula is C12H11ClN2O2S. The lowest BCUT2D eigenvalue weighted by molar-refractivity contribution is 0.601. The zero-order valence-corrected chi connectivity index (χ0v) is 11.2. The van der Waals surface area contributed by atoms with Gasteiger partial charge in [-0.1, -0.05) is 17.7 Å². The molecule has 0 radical (unpaired) electrons. The first-order valence-electron chi connectivity index (χ1n) is 5.19. The average Bonchev–Trinajstić information content (AvgIpc) is 2.32. The van der Waals surface area contributed by atoms with E-state index in [0.29, 0.717) is 10.8 Å². The van der Waals surface area contributed by atoms with Crippen LogP contribution in [0, 0.1) is 6.92 Å². The van der Waals surface area contributed by atoms with E-state index >= 15 is 0 Å². The molecule has 0 bridgehead atoms. The molecule has 1 N–H and O–H groups in total. The summed E-state index contributed by atoms with van der Waals surface area (Å²) in [5.41, 5.74) is 0.759. The predicted octanol–water partition coefficient (Wildman–Crippen LogP) is 2.84. The van der Waals surface area contributed by atoms with Crippen LogP contribution in [-0.2, 0) is 10.0 Å². The molecule has 4 nitrogen and oxygen atoms in total. The van der Waals surface area contributed by atoms with Gasteiger partial charge in [-0.3, -0.25) is 4.72 Å². The summed E-state index contributed by atoms with van der Waals surface area (Å²) < 4.78 is 26.6. The van der Waals surface area contributed by atoms with Crippen molar-refractivity contribution in [1.29, 1.82) is 0 Å². The van der Waals surface area contributed by atoms with Crippen LogP contribution in [0.25, 0.3) is 0 Å². The number of aryl methyl sites for hydroxylation is 1. The second kappa shape index (κ2) is 4.96. The van der Waals surface area contributed by atoms with Crippen molar-refractivity contribution in [3.63, 3.8) is 0 Å². The molecule has 0 saturated heterocycles. The number of hydrogen-bond acceptors (Lipinski definition) is 3. The van der Waals surface area contributed by atoms with Gasteiger partial charge in [0.1, 0.15) is 5.82 Å². The second-order valence-corrected chi connectivity index (χ2v) is 5.85. The van der Waals surface area contributed by atoms with E-state index in [9.17, 15) is 8.42 Å². The molecule has 18 heavy (non-hydrogen) atoms. The lowest BCUT2D eigenvalue weighted by atomic mass is 10.3. The molecule has 1 aromatic heterocycles. The molecule has 0 amide bonds. The molecule has 2 rings (SSSR count). The van der Waals surface area contributed by atoms with E-state index in [-0.39, 0.29) is 4.90 Å². The number of pyridine rings is 1. The first-order chi connectivity index (χ1) is 8.49. The summed E-state index contributed by atoms with van der Waals surface area (Å²) in [7, 11) is -3.62. The summed E-state index contributed by atoms with van der Waals surface area (Å²) in [6.45, 7) is 1.78. The van der Waals surface area contributed by atoms with Gasteiger partial charge in [-0.05, 0) is 42.8 Å². The lowest BCUT2D eigenvalue weighted by Gasteiger charge is -2.09. The first-order valence-corrected chi connectivity index (χ1v) is 7.05. The van der Waals surface area contributed by atoms with Gasteiger partial charge >= 0.3 is 0 Å². The second-order valence-electron chi connectivity index (χ2n) is 3.73. The Bertz CT molecular complexity index is 654. The lowest BCUT2D eigenvalue weighted by Crippen LogP contribution is -2.14. The normalized spacial score (nSPS) is 11.2. The molecule has 0 saturated carbocycles. The Hall–Kier alpha value is -1.59. The molecule has 94 valence electrons. The number of nitrogens with one attached hydrogen (secondary N) is 1. The molecule has 0 atom stereocenters. The Morgan fingerprint density at radius 3 is 2.44 bits per heavy atom. The van der Waals surface area contributed by atoms with E-state index in [1.54, 1.807) is 19.1 Å². The van der Waals surface area contributed by atoms with Crippen molar-refractivity contribution in [2.75, 3.05) is 4.72 Å². The molecule has 0 aliphatic rings. The molecule has 1 aromatic carbocycles. The van der Waals surface area contributed by atoms with Crippen molar-refractivity contribution in [2.45, 2.75) is 11.8 Å². The minimum atomic E-state index is -3.62. The van der Waals surface area contributed by atoms with Gasteiger partial charge in [0.05, 0.1) is 4.90 Å². The fourth-order valence-electron chi connectivity index (χ4n) is 1.39. The predicted molar refractivity (Wildman–Crippen MR) is 71.2 cm³/mol. The summed E-state index contributed by atoms with van der Waals surface area (Å²) in [5, 5.41) is 0.489. The van der Waals surface area contributed by atoms with Crippen molar-refractivity contribution in [2.24, 2.45) is 0 Å². The van der Waals surface area contributed by atoms with Crippen LogP contribution in [0.4, 0.5) is 5.82 Å². The quantitative estimate of drug-likeness (QED) is 0.942. The summed E-state index contributed by atoms with van der Waals surface area (Å²) in [5.74, 6) is 0.326. The van der Waals surface area contributed by atoms with E-state index < -0.39 is 10.0 Å². The number of hydrogen-bond donors (Lipinski definition) is 1. The van der Waals surface area contributed by atoms with Gasteiger partial charge in [0.2, 0.25) is 0 Å². The number of anilines is 1. The Morgan fingerprint density at radius 2 is 1.83 bits per heavy atom. The van der Waals surface area contributed by atoms with Crippen LogP contribution in [0.15, 0.2) is 47.5 Å². The molecule has 6 heteroatoms. The van der Waals surface area contributed by atoms with Gasteiger partial charge in [0, 0.05) is 11.2 Å². The molecule has 0 fully saturated rings. The molecule has 2 aromatic rings. The number of rotatable bonds is 3. The fraction of sp³-hybridized carbons (Fsp3) is 0.0833. The first kappa shape index (κ1) is 12.9. The smallest absolute Gasteiger partial charge is 0.263 e. The standard InChI is InChI=1S/C12H11ClN2O2S/c1-9-3-2-8-14-12(9)15-18(16,17)11-6-4-10(13)5-7-11/h2-8H,1H3,(H,14,15). The summed E-state index contributed by atoms with van der Waals surface area (Å²) in [6, 6.07) is 9.48. The molecule has 0 aliphatic carbocycles. The zero-order chi connectivity index (χ0) is 13.2. The summed E-state index contributed by atoms with van der Waals surface area (Å²) in [4.78, 5) is 4.14. The maximum Gasteiger partial charge on any atom is 0.263 e. The third kappa shape index (κ3) is 2.80. The van der Waals surface area contributed by atoms with E-state index in [1.165, 1.54) is 30.5 Å². The molecule has 0 unspecified atom stereocenters. The highest BCUT2D eigenvalue weighted by Crippen LogP contribution is 2.18. The van der Waals surface area contributed by atoms with Crippen LogP contribution >= 0.6 is 11.6 Å². The molecular weight excluding hydrogens is 272 g/mol. The van der Waals surface area contributed by atoms with Crippen molar-refractivity contribution < 1.29 is 8.42 Å². The molecule has 0 aliphatic heterocycles. The highest BCUT2D eigenvalue weighted by molar-refractivity contribution is 7.92. The van der Waals surface area contributed by atoms with Gasteiger partial charge in [0.15, 0.2) is 0 Å². The maximum atomic E-state index is 12.1. The summed E-state index contributed by atoms with van der Waals surface area (Å²) in [6.07, 6.45) is 1.53. The minimum Gasteiger partial charge on any atom is -0.263 e. The van der Waals surface area contributed by atoms with Crippen molar-refractivity contribution in [3.8, 4) is 0 Å². The monoisotopic (exact) mass is 282 g/mol. The van der Waals surface area contributed by atoms with Gasteiger partial charge in [0.25, 0.3) is 10.0 Å². The topological polar surface area (TPSA) is 59.1 Å². The van der Waals surface area contributed by atoms with E-state index in [4.69, 9.17) is 11.6 Å². The van der Waals surface area contributed by atoms with Crippen LogP contribution < -0.4 is 4.72 Å². The van der Waals surface area contributed by atoms with Crippen molar-refractivity contribution >= 4 is 27.4 Å². The Balaban J connectivity index is 2.33. The number of aromatic nitrogens is 1. The third-order valence-electron chi connectivity index (χ3n) is 2.36. The fourth-order valence-corrected chi connectivity index (χ4v) is 2.60. The van der Waals surface area contributed by atoms with Gasteiger partial charge in [-0.2, -0.15) is 0 Å². The highest BCUT2D eigenvalue weighted by atomic mass is 35.5. The van der Waals surface area contributed by atoms with Crippen LogP contribution in [0.2, 0.25) is 5.02 Å². The Kier molecular flexibility index (Phi) is 3.54. The van der Waals surface area contributed by atoms with Crippen LogP contribution in [0.3, 0.4) is 0 Å². The minimum absolute atomic E-state index is 0.150. The maximum absolute atomic E-state index is 12.1. The third-order valence-corrected chi connectivity index (χ3v) is 3.97. The SMILES string of the molecule is Cc1cccnc1NS(=O)(=O)c1ccc(Cl)cc1. The largest absolute Gasteiger partial charge is 0.263 e. The van der Waals surface area contributed by atoms with E-state index in [1.807, 2.05) is 0 Å².